The first-order chi connectivity index (χ1) is 8.93. The fourth-order valence-electron chi connectivity index (χ4n) is 2.33. The van der Waals surface area contributed by atoms with E-state index >= 15 is 0 Å². The van der Waals surface area contributed by atoms with E-state index in [2.05, 4.69) is 4.98 Å². The molecule has 2 atom stereocenters. The lowest BCUT2D eigenvalue weighted by Crippen LogP contribution is -2.32. The van der Waals surface area contributed by atoms with Gasteiger partial charge in [-0.2, -0.15) is 0 Å². The minimum atomic E-state index is -2.86. The van der Waals surface area contributed by atoms with Crippen molar-refractivity contribution in [3.8, 4) is 0 Å². The summed E-state index contributed by atoms with van der Waals surface area (Å²) in [6.45, 7) is 2.02. The van der Waals surface area contributed by atoms with Crippen molar-refractivity contribution in [2.24, 2.45) is 5.73 Å². The molecule has 0 bridgehead atoms. The van der Waals surface area contributed by atoms with E-state index in [4.69, 9.17) is 5.73 Å². The molecule has 0 aliphatic carbocycles. The Morgan fingerprint density at radius 2 is 2.26 bits per heavy atom. The van der Waals surface area contributed by atoms with Crippen molar-refractivity contribution >= 4 is 15.5 Å². The molecule has 1 fully saturated rings. The molecule has 2 N–H and O–H groups in total. The first kappa shape index (κ1) is 14.3. The van der Waals surface area contributed by atoms with Gasteiger partial charge in [-0.05, 0) is 25.0 Å². The quantitative estimate of drug-likeness (QED) is 0.896. The van der Waals surface area contributed by atoms with Gasteiger partial charge in [0.15, 0.2) is 9.84 Å². The summed E-state index contributed by atoms with van der Waals surface area (Å²) in [6, 6.07) is 3.90. The molecule has 6 heteroatoms. The Kier molecular flexibility index (Phi) is 4.10. The minimum Gasteiger partial charge on any atom is -0.369 e. The smallest absolute Gasteiger partial charge is 0.152 e. The first-order valence-corrected chi connectivity index (χ1v) is 8.40. The van der Waals surface area contributed by atoms with E-state index in [1.54, 1.807) is 6.20 Å². The third-order valence-corrected chi connectivity index (χ3v) is 5.50. The number of pyridine rings is 1. The Morgan fingerprint density at radius 3 is 2.74 bits per heavy atom. The lowest BCUT2D eigenvalue weighted by Gasteiger charge is -2.25. The van der Waals surface area contributed by atoms with Crippen LogP contribution in [0, 0.1) is 0 Å². The van der Waals surface area contributed by atoms with Crippen molar-refractivity contribution in [2.75, 3.05) is 23.5 Å². The molecule has 1 aliphatic heterocycles. The third kappa shape index (κ3) is 3.25. The number of anilines is 1. The van der Waals surface area contributed by atoms with Gasteiger partial charge in [-0.3, -0.25) is 4.98 Å². The van der Waals surface area contributed by atoms with Crippen LogP contribution in [-0.2, 0) is 9.84 Å². The number of rotatable bonds is 4. The molecule has 1 aliphatic rings. The molecule has 106 valence electrons. The Balaban J connectivity index is 2.10. The molecule has 1 aromatic rings. The Hall–Kier alpha value is -1.14. The highest BCUT2D eigenvalue weighted by atomic mass is 32.2. The molecule has 0 radical (unpaired) electrons. The normalized spacial score (nSPS) is 23.2. The fourth-order valence-corrected chi connectivity index (χ4v) is 4.10. The van der Waals surface area contributed by atoms with E-state index in [9.17, 15) is 8.42 Å². The minimum absolute atomic E-state index is 0.0359. The zero-order valence-corrected chi connectivity index (χ0v) is 12.2. The predicted octanol–water partition coefficient (Wildman–Crippen LogP) is 1.11. The van der Waals surface area contributed by atoms with Crippen LogP contribution in [0.3, 0.4) is 0 Å². The molecule has 0 saturated carbocycles. The molecule has 1 saturated heterocycles. The maximum atomic E-state index is 11.5. The Bertz CT molecular complexity index is 527. The van der Waals surface area contributed by atoms with E-state index in [-0.39, 0.29) is 23.6 Å². The lowest BCUT2D eigenvalue weighted by atomic mass is 10.1. The average Bonchev–Trinajstić information content (AvgIpc) is 2.77. The van der Waals surface area contributed by atoms with E-state index in [1.807, 2.05) is 31.0 Å². The maximum absolute atomic E-state index is 11.5. The molecular weight excluding hydrogens is 262 g/mol. The van der Waals surface area contributed by atoms with Crippen molar-refractivity contribution in [1.82, 2.24) is 4.98 Å². The summed E-state index contributed by atoms with van der Waals surface area (Å²) >= 11 is 0. The van der Waals surface area contributed by atoms with Crippen LogP contribution in [0.15, 0.2) is 18.3 Å². The number of hydrogen-bond donors (Lipinski definition) is 1. The molecule has 1 unspecified atom stereocenters. The fraction of sp³-hybridized carbons (Fsp3) is 0.615. The molecule has 0 spiro atoms. The van der Waals surface area contributed by atoms with Gasteiger partial charge < -0.3 is 10.6 Å². The van der Waals surface area contributed by atoms with Crippen molar-refractivity contribution < 1.29 is 8.42 Å². The van der Waals surface area contributed by atoms with Gasteiger partial charge in [0.25, 0.3) is 0 Å². The topological polar surface area (TPSA) is 76.3 Å². The molecule has 19 heavy (non-hydrogen) atoms. The monoisotopic (exact) mass is 283 g/mol. The highest BCUT2D eigenvalue weighted by Crippen LogP contribution is 2.23. The van der Waals surface area contributed by atoms with Gasteiger partial charge in [0.1, 0.15) is 0 Å². The number of sulfone groups is 1. The van der Waals surface area contributed by atoms with Crippen LogP contribution in [-0.4, -0.2) is 38.0 Å². The summed E-state index contributed by atoms with van der Waals surface area (Å²) in [7, 11) is -0.938. The molecule has 1 aromatic heterocycles. The van der Waals surface area contributed by atoms with E-state index in [0.29, 0.717) is 6.42 Å². The first-order valence-electron chi connectivity index (χ1n) is 6.57. The van der Waals surface area contributed by atoms with Crippen molar-refractivity contribution in [3.63, 3.8) is 0 Å². The second-order valence-corrected chi connectivity index (χ2v) is 7.35. The summed E-state index contributed by atoms with van der Waals surface area (Å²) < 4.78 is 23.0. The lowest BCUT2D eigenvalue weighted by molar-refractivity contribution is 0.601. The Labute approximate surface area is 114 Å². The van der Waals surface area contributed by atoms with Crippen molar-refractivity contribution in [3.05, 3.63) is 24.0 Å². The zero-order valence-electron chi connectivity index (χ0n) is 11.4. The number of aromatic nitrogens is 1. The van der Waals surface area contributed by atoms with E-state index in [0.717, 1.165) is 17.8 Å². The SMILES string of the molecule is CC[C@@H](N)c1ccc(N(C)C2CCS(=O)(=O)C2)cn1. The highest BCUT2D eigenvalue weighted by molar-refractivity contribution is 7.91. The van der Waals surface area contributed by atoms with E-state index in [1.165, 1.54) is 0 Å². The molecular formula is C13H21N3O2S. The van der Waals surface area contributed by atoms with Crippen LogP contribution >= 0.6 is 0 Å². The standard InChI is InChI=1S/C13H21N3O2S/c1-3-12(14)13-5-4-10(8-15-13)16(2)11-6-7-19(17,18)9-11/h4-5,8,11-12H,3,6-7,9,14H2,1-2H3/t11?,12-/m1/s1. The number of hydrogen-bond acceptors (Lipinski definition) is 5. The molecule has 2 rings (SSSR count). The second-order valence-electron chi connectivity index (χ2n) is 5.12. The summed E-state index contributed by atoms with van der Waals surface area (Å²) in [5.74, 6) is 0.522. The van der Waals surface area contributed by atoms with Crippen molar-refractivity contribution in [1.29, 1.82) is 0 Å². The van der Waals surface area contributed by atoms with Crippen LogP contribution in [0.1, 0.15) is 31.5 Å². The molecule has 2 heterocycles. The zero-order chi connectivity index (χ0) is 14.0. The van der Waals surface area contributed by atoms with Crippen LogP contribution in [0.5, 0.6) is 0 Å². The number of nitrogens with zero attached hydrogens (tertiary/aromatic N) is 2. The molecule has 0 aromatic carbocycles. The van der Waals surface area contributed by atoms with Crippen molar-refractivity contribution in [2.45, 2.75) is 31.8 Å². The van der Waals surface area contributed by atoms with Crippen LogP contribution in [0.4, 0.5) is 5.69 Å². The highest BCUT2D eigenvalue weighted by Gasteiger charge is 2.30. The van der Waals surface area contributed by atoms with E-state index < -0.39 is 9.84 Å². The summed E-state index contributed by atoms with van der Waals surface area (Å²) in [5, 5.41) is 0. The molecule has 5 nitrogen and oxygen atoms in total. The van der Waals surface area contributed by atoms with Gasteiger partial charge in [-0.15, -0.1) is 0 Å². The van der Waals surface area contributed by atoms with Crippen LogP contribution in [0.2, 0.25) is 0 Å². The maximum Gasteiger partial charge on any atom is 0.152 e. The predicted molar refractivity (Wildman–Crippen MR) is 76.9 cm³/mol. The van der Waals surface area contributed by atoms with Gasteiger partial charge >= 0.3 is 0 Å². The van der Waals surface area contributed by atoms with Gasteiger partial charge in [-0.25, -0.2) is 8.42 Å². The van der Waals surface area contributed by atoms with Crippen LogP contribution < -0.4 is 10.6 Å². The Morgan fingerprint density at radius 1 is 1.53 bits per heavy atom. The average molecular weight is 283 g/mol. The van der Waals surface area contributed by atoms with Crippen LogP contribution in [0.25, 0.3) is 0 Å². The number of nitrogens with two attached hydrogens (primary N) is 1. The molecule has 0 amide bonds. The summed E-state index contributed by atoms with van der Waals surface area (Å²) in [5.41, 5.74) is 7.74. The van der Waals surface area contributed by atoms with Gasteiger partial charge in [0.2, 0.25) is 0 Å². The van der Waals surface area contributed by atoms with Gasteiger partial charge in [0, 0.05) is 19.1 Å². The van der Waals surface area contributed by atoms with Gasteiger partial charge in [0.05, 0.1) is 29.1 Å². The van der Waals surface area contributed by atoms with Gasteiger partial charge in [-0.1, -0.05) is 6.92 Å². The summed E-state index contributed by atoms with van der Waals surface area (Å²) in [6.07, 6.45) is 3.31. The summed E-state index contributed by atoms with van der Waals surface area (Å²) in [4.78, 5) is 6.36. The largest absolute Gasteiger partial charge is 0.369 e. The second kappa shape index (κ2) is 5.46. The third-order valence-electron chi connectivity index (χ3n) is 3.75.